The molecular weight excluding hydrogens is 426 g/mol. The van der Waals surface area contributed by atoms with Gasteiger partial charge in [0.25, 0.3) is 5.56 Å². The third-order valence-electron chi connectivity index (χ3n) is 5.64. The van der Waals surface area contributed by atoms with Gasteiger partial charge in [-0.1, -0.05) is 0 Å². The van der Waals surface area contributed by atoms with Gasteiger partial charge in [0.15, 0.2) is 11.6 Å². The van der Waals surface area contributed by atoms with E-state index in [1.807, 2.05) is 0 Å². The number of rotatable bonds is 4. The maximum absolute atomic E-state index is 13.4. The number of H-pyrrole nitrogens is 1. The number of nitrogens with zero attached hydrogens (tertiary/aromatic N) is 2. The Bertz CT molecular complexity index is 1160. The molecular formula is C20H20F2N6O4. The van der Waals surface area contributed by atoms with Gasteiger partial charge in [0.05, 0.1) is 11.5 Å². The van der Waals surface area contributed by atoms with E-state index < -0.39 is 34.9 Å². The van der Waals surface area contributed by atoms with E-state index >= 15 is 0 Å². The van der Waals surface area contributed by atoms with Crippen LogP contribution in [0.5, 0.6) is 0 Å². The van der Waals surface area contributed by atoms with Crippen LogP contribution in [0.4, 0.5) is 26.2 Å². The Morgan fingerprint density at radius 3 is 2.53 bits per heavy atom. The van der Waals surface area contributed by atoms with Crippen molar-refractivity contribution >= 4 is 35.2 Å². The fourth-order valence-corrected chi connectivity index (χ4v) is 3.91. The molecule has 168 valence electrons. The molecule has 0 radical (unpaired) electrons. The largest absolute Gasteiger partial charge is 0.369 e. The second-order valence-corrected chi connectivity index (χ2v) is 7.74. The van der Waals surface area contributed by atoms with Crippen molar-refractivity contribution in [3.05, 3.63) is 45.8 Å². The molecule has 1 atom stereocenters. The number of aromatic amines is 1. The quantitative estimate of drug-likeness (QED) is 0.546. The average Bonchev–Trinajstić information content (AvgIpc) is 2.75. The minimum atomic E-state index is -1.17. The van der Waals surface area contributed by atoms with Crippen molar-refractivity contribution in [2.45, 2.75) is 25.2 Å². The lowest BCUT2D eigenvalue weighted by atomic mass is 9.92. The number of benzene rings is 1. The van der Waals surface area contributed by atoms with Gasteiger partial charge < -0.3 is 21.3 Å². The van der Waals surface area contributed by atoms with Gasteiger partial charge in [-0.3, -0.25) is 24.2 Å². The number of hydrogen-bond acceptors (Lipinski definition) is 6. The summed E-state index contributed by atoms with van der Waals surface area (Å²) >= 11 is 0. The Labute approximate surface area is 180 Å². The van der Waals surface area contributed by atoms with E-state index in [4.69, 9.17) is 5.73 Å². The zero-order valence-electron chi connectivity index (χ0n) is 16.8. The van der Waals surface area contributed by atoms with Gasteiger partial charge in [0.2, 0.25) is 23.7 Å². The SMILES string of the molecule is NC(=O)C1CCN(c2nc3c(c(=O)[nH]2)C(C(=O)Nc2ccc(F)c(F)c2)CC(=O)N3)CC1. The fraction of sp³-hybridized carbons (Fsp3) is 0.350. The zero-order chi connectivity index (χ0) is 23.0. The number of halogens is 2. The van der Waals surface area contributed by atoms with Crippen molar-refractivity contribution in [2.75, 3.05) is 28.6 Å². The lowest BCUT2D eigenvalue weighted by Gasteiger charge is -2.32. The summed E-state index contributed by atoms with van der Waals surface area (Å²) < 4.78 is 26.6. The number of nitrogens with two attached hydrogens (primary N) is 1. The maximum Gasteiger partial charge on any atom is 0.258 e. The number of nitrogens with one attached hydrogen (secondary N) is 3. The van der Waals surface area contributed by atoms with E-state index in [0.29, 0.717) is 25.9 Å². The molecule has 1 saturated heterocycles. The molecule has 2 aromatic rings. The van der Waals surface area contributed by atoms with Crippen molar-refractivity contribution in [3.63, 3.8) is 0 Å². The third-order valence-corrected chi connectivity index (χ3v) is 5.64. The second-order valence-electron chi connectivity index (χ2n) is 7.74. The highest BCUT2D eigenvalue weighted by atomic mass is 19.2. The summed E-state index contributed by atoms with van der Waals surface area (Å²) in [5.41, 5.74) is 4.69. The fourth-order valence-electron chi connectivity index (χ4n) is 3.91. The topological polar surface area (TPSA) is 150 Å². The number of anilines is 3. The number of hydrogen-bond donors (Lipinski definition) is 4. The van der Waals surface area contributed by atoms with Crippen molar-refractivity contribution in [1.29, 1.82) is 0 Å². The van der Waals surface area contributed by atoms with Gasteiger partial charge in [-0.05, 0) is 25.0 Å². The first-order chi connectivity index (χ1) is 15.2. The predicted molar refractivity (Wildman–Crippen MR) is 110 cm³/mol. The van der Waals surface area contributed by atoms with E-state index in [9.17, 15) is 28.0 Å². The van der Waals surface area contributed by atoms with E-state index in [-0.39, 0.29) is 41.3 Å². The van der Waals surface area contributed by atoms with E-state index in [0.717, 1.165) is 12.1 Å². The molecule has 1 aromatic heterocycles. The molecule has 0 spiro atoms. The van der Waals surface area contributed by atoms with Gasteiger partial charge >= 0.3 is 0 Å². The molecule has 2 aliphatic heterocycles. The number of piperidine rings is 1. The molecule has 1 unspecified atom stereocenters. The van der Waals surface area contributed by atoms with Crippen molar-refractivity contribution < 1.29 is 23.2 Å². The average molecular weight is 446 g/mol. The zero-order valence-corrected chi connectivity index (χ0v) is 16.8. The Morgan fingerprint density at radius 2 is 1.88 bits per heavy atom. The van der Waals surface area contributed by atoms with Crippen molar-refractivity contribution in [2.24, 2.45) is 11.7 Å². The second kappa shape index (κ2) is 8.36. The lowest BCUT2D eigenvalue weighted by molar-refractivity contribution is -0.123. The number of carbonyl (C=O) groups excluding carboxylic acids is 3. The van der Waals surface area contributed by atoms with Gasteiger partial charge in [-0.15, -0.1) is 0 Å². The van der Waals surface area contributed by atoms with Crippen LogP contribution in [-0.4, -0.2) is 40.8 Å². The molecule has 5 N–H and O–H groups in total. The van der Waals surface area contributed by atoms with Gasteiger partial charge in [0.1, 0.15) is 5.82 Å². The monoisotopic (exact) mass is 446 g/mol. The van der Waals surface area contributed by atoms with Gasteiger partial charge in [0, 0.05) is 37.2 Å². The predicted octanol–water partition coefficient (Wildman–Crippen LogP) is 0.814. The third kappa shape index (κ3) is 4.15. The highest BCUT2D eigenvalue weighted by molar-refractivity contribution is 6.04. The summed E-state index contributed by atoms with van der Waals surface area (Å²) in [6.45, 7) is 0.868. The summed E-state index contributed by atoms with van der Waals surface area (Å²) in [4.78, 5) is 57.9. The Hall–Kier alpha value is -3.83. The molecule has 3 amide bonds. The smallest absolute Gasteiger partial charge is 0.258 e. The summed E-state index contributed by atoms with van der Waals surface area (Å²) in [7, 11) is 0. The van der Waals surface area contributed by atoms with Crippen LogP contribution in [0.3, 0.4) is 0 Å². The molecule has 1 aromatic carbocycles. The molecule has 32 heavy (non-hydrogen) atoms. The maximum atomic E-state index is 13.4. The number of fused-ring (bicyclic) bond motifs is 1. The molecule has 12 heteroatoms. The minimum absolute atomic E-state index is 0.0141. The first kappa shape index (κ1) is 21.4. The first-order valence-electron chi connectivity index (χ1n) is 9.97. The summed E-state index contributed by atoms with van der Waals surface area (Å²) in [5, 5.41) is 4.91. The van der Waals surface area contributed by atoms with Crippen molar-refractivity contribution in [3.8, 4) is 0 Å². The van der Waals surface area contributed by atoms with E-state index in [1.165, 1.54) is 6.07 Å². The number of aromatic nitrogens is 2. The van der Waals surface area contributed by atoms with Crippen LogP contribution in [0.1, 0.15) is 30.7 Å². The van der Waals surface area contributed by atoms with Crippen LogP contribution >= 0.6 is 0 Å². The summed E-state index contributed by atoms with van der Waals surface area (Å²) in [5.74, 6) is -5.08. The number of carbonyl (C=O) groups is 3. The van der Waals surface area contributed by atoms with Crippen molar-refractivity contribution in [1.82, 2.24) is 9.97 Å². The molecule has 0 bridgehead atoms. The van der Waals surface area contributed by atoms with E-state index in [2.05, 4.69) is 20.6 Å². The Kier molecular flexibility index (Phi) is 5.59. The van der Waals surface area contributed by atoms with Gasteiger partial charge in [-0.2, -0.15) is 4.98 Å². The number of amides is 3. The molecule has 0 aliphatic carbocycles. The summed E-state index contributed by atoms with van der Waals surface area (Å²) in [6.07, 6.45) is 0.695. The highest BCUT2D eigenvalue weighted by Gasteiger charge is 2.35. The standard InChI is InChI=1S/C20H20F2N6O4/c21-12-2-1-10(7-13(12)22)24-18(31)11-8-14(29)25-17-15(11)19(32)27-20(26-17)28-5-3-9(4-6-28)16(23)30/h1-2,7,9,11H,3-6,8H2,(H2,23,30)(H,24,31)(H2,25,26,27,29,32). The molecule has 3 heterocycles. The summed E-state index contributed by atoms with van der Waals surface area (Å²) in [6, 6.07) is 2.83. The highest BCUT2D eigenvalue weighted by Crippen LogP contribution is 2.31. The van der Waals surface area contributed by atoms with E-state index in [1.54, 1.807) is 4.90 Å². The Morgan fingerprint density at radius 1 is 1.16 bits per heavy atom. The van der Waals surface area contributed by atoms with Crippen LogP contribution in [0.2, 0.25) is 0 Å². The molecule has 1 fully saturated rings. The molecule has 10 nitrogen and oxygen atoms in total. The molecule has 0 saturated carbocycles. The van der Waals surface area contributed by atoms with Gasteiger partial charge in [-0.25, -0.2) is 8.78 Å². The normalized spacial score (nSPS) is 18.6. The lowest BCUT2D eigenvalue weighted by Crippen LogP contribution is -2.41. The molecule has 4 rings (SSSR count). The van der Waals surface area contributed by atoms with Crippen LogP contribution in [-0.2, 0) is 14.4 Å². The van der Waals surface area contributed by atoms with Crippen LogP contribution in [0.25, 0.3) is 0 Å². The van der Waals surface area contributed by atoms with Crippen LogP contribution in [0, 0.1) is 17.6 Å². The Balaban J connectivity index is 1.59. The first-order valence-corrected chi connectivity index (χ1v) is 9.97. The molecule has 2 aliphatic rings. The van der Waals surface area contributed by atoms with Crippen LogP contribution < -0.4 is 26.8 Å². The van der Waals surface area contributed by atoms with Crippen LogP contribution in [0.15, 0.2) is 23.0 Å². The number of primary amides is 1. The minimum Gasteiger partial charge on any atom is -0.369 e.